The molecule has 0 radical (unpaired) electrons. The molecule has 3 aliphatic rings. The summed E-state index contributed by atoms with van der Waals surface area (Å²) in [4.78, 5) is 38.3. The van der Waals surface area contributed by atoms with Crippen LogP contribution in [0.1, 0.15) is 42.6 Å². The predicted molar refractivity (Wildman–Crippen MR) is 122 cm³/mol. The van der Waals surface area contributed by atoms with Gasteiger partial charge in [0.2, 0.25) is 5.75 Å². The molecule has 0 spiro atoms. The number of rotatable bonds is 5. The molecule has 2 atom stereocenters. The molecule has 3 N–H and O–H groups in total. The van der Waals surface area contributed by atoms with Crippen molar-refractivity contribution in [3.8, 4) is 11.5 Å². The van der Waals surface area contributed by atoms with Gasteiger partial charge in [-0.2, -0.15) is 0 Å². The van der Waals surface area contributed by atoms with Crippen molar-refractivity contribution in [1.29, 1.82) is 0 Å². The second-order valence-corrected chi connectivity index (χ2v) is 8.94. The number of anilines is 1. The highest BCUT2D eigenvalue weighted by atomic mass is 35.5. The first-order valence-corrected chi connectivity index (χ1v) is 10.6. The van der Waals surface area contributed by atoms with E-state index in [-0.39, 0.29) is 52.8 Å². The van der Waals surface area contributed by atoms with E-state index in [1.165, 1.54) is 11.7 Å². The second-order valence-electron chi connectivity index (χ2n) is 8.94. The van der Waals surface area contributed by atoms with Gasteiger partial charge in [0.15, 0.2) is 5.75 Å². The van der Waals surface area contributed by atoms with Crippen molar-refractivity contribution < 1.29 is 24.3 Å². The van der Waals surface area contributed by atoms with Crippen LogP contribution < -0.4 is 25.7 Å². The van der Waals surface area contributed by atoms with Crippen molar-refractivity contribution in [1.82, 2.24) is 4.57 Å². The van der Waals surface area contributed by atoms with Crippen LogP contribution in [0.25, 0.3) is 10.9 Å². The first kappa shape index (κ1) is 23.1. The molecule has 3 heterocycles. The summed E-state index contributed by atoms with van der Waals surface area (Å²) in [6.07, 6.45) is 2.75. The van der Waals surface area contributed by atoms with Gasteiger partial charge in [0, 0.05) is 18.6 Å². The molecule has 0 unspecified atom stereocenters. The van der Waals surface area contributed by atoms with Crippen molar-refractivity contribution in [2.45, 2.75) is 37.8 Å². The number of hydrogen-bond donors (Lipinski definition) is 2. The number of aromatic carboxylic acids is 1. The number of ether oxygens (including phenoxy) is 2. The molecule has 33 heavy (non-hydrogen) atoms. The summed E-state index contributed by atoms with van der Waals surface area (Å²) >= 11 is 0. The SMILES string of the molecule is COc1c(N2CC[C@@H](C3(N)CC3)C2)c2c3c(cc(C(=O)O)c(=O)n3[C@@H](C)CO2)c1[N+](=O)[O-].Cl. The molecule has 1 aromatic heterocycles. The number of carboxylic acids is 1. The van der Waals surface area contributed by atoms with E-state index < -0.39 is 28.1 Å². The van der Waals surface area contributed by atoms with Crippen LogP contribution in [-0.2, 0) is 0 Å². The van der Waals surface area contributed by atoms with Gasteiger partial charge in [0.05, 0.1) is 23.5 Å². The molecule has 11 nitrogen and oxygen atoms in total. The molecular formula is C21H25ClN4O7. The maximum Gasteiger partial charge on any atom is 0.341 e. The molecule has 1 saturated heterocycles. The highest BCUT2D eigenvalue weighted by Gasteiger charge is 2.49. The molecule has 0 bridgehead atoms. The Kier molecular flexibility index (Phi) is 5.44. The molecule has 2 aromatic rings. The van der Waals surface area contributed by atoms with Crippen LogP contribution in [0.4, 0.5) is 11.4 Å². The fourth-order valence-electron chi connectivity index (χ4n) is 5.13. The fraction of sp³-hybridized carbons (Fsp3) is 0.524. The van der Waals surface area contributed by atoms with E-state index >= 15 is 0 Å². The van der Waals surface area contributed by atoms with Gasteiger partial charge in [-0.25, -0.2) is 4.79 Å². The Morgan fingerprint density at radius 1 is 1.42 bits per heavy atom. The molecule has 1 aromatic carbocycles. The standard InChI is InChI=1S/C21H24N4O7.ClH/c1-10-9-32-18-14-12(7-13(20(27)28)19(26)24(10)14)15(25(29)30)17(31-2)16(18)23-6-3-11(8-23)21(22)4-5-21;/h7,10-11H,3-6,8-9,22H2,1-2H3,(H,27,28);1H/t10-,11+;/m0./s1. The number of nitrogens with zero attached hydrogens (tertiary/aromatic N) is 3. The molecule has 12 heteroatoms. The Bertz CT molecular complexity index is 1240. The quantitative estimate of drug-likeness (QED) is 0.485. The number of carboxylic acid groups (broad SMARTS) is 1. The molecule has 1 saturated carbocycles. The van der Waals surface area contributed by atoms with Crippen LogP contribution in [0.5, 0.6) is 11.5 Å². The molecule has 2 fully saturated rings. The maximum atomic E-state index is 13.0. The first-order valence-electron chi connectivity index (χ1n) is 10.6. The summed E-state index contributed by atoms with van der Waals surface area (Å²) in [6.45, 7) is 3.05. The maximum absolute atomic E-state index is 13.0. The Morgan fingerprint density at radius 2 is 2.12 bits per heavy atom. The van der Waals surface area contributed by atoms with Crippen LogP contribution in [0.15, 0.2) is 10.9 Å². The average Bonchev–Trinajstić information content (AvgIpc) is 3.30. The number of benzene rings is 1. The van der Waals surface area contributed by atoms with Crippen LogP contribution in [0.2, 0.25) is 0 Å². The Morgan fingerprint density at radius 3 is 2.70 bits per heavy atom. The minimum Gasteiger partial charge on any atom is -0.489 e. The number of carbonyl (C=O) groups is 1. The number of hydrogen-bond acceptors (Lipinski definition) is 8. The average molecular weight is 481 g/mol. The van der Waals surface area contributed by atoms with E-state index in [0.29, 0.717) is 24.5 Å². The summed E-state index contributed by atoms with van der Waals surface area (Å²) in [5.74, 6) is -0.903. The van der Waals surface area contributed by atoms with Crippen molar-refractivity contribution >= 4 is 40.7 Å². The van der Waals surface area contributed by atoms with E-state index in [0.717, 1.165) is 25.3 Å². The van der Waals surface area contributed by atoms with E-state index in [9.17, 15) is 24.8 Å². The van der Waals surface area contributed by atoms with Crippen molar-refractivity contribution in [3.05, 3.63) is 32.1 Å². The van der Waals surface area contributed by atoms with Gasteiger partial charge in [-0.05, 0) is 38.2 Å². The highest BCUT2D eigenvalue weighted by molar-refractivity contribution is 6.05. The summed E-state index contributed by atoms with van der Waals surface area (Å²) in [6, 6.07) is 0.556. The third kappa shape index (κ3) is 3.29. The normalized spacial score (nSPS) is 22.5. The number of methoxy groups -OCH3 is 1. The number of nitro benzene ring substituents is 1. The topological polar surface area (TPSA) is 150 Å². The van der Waals surface area contributed by atoms with Gasteiger partial charge in [-0.15, -0.1) is 12.4 Å². The minimum absolute atomic E-state index is 0. The summed E-state index contributed by atoms with van der Waals surface area (Å²) in [5.41, 5.74) is 5.23. The van der Waals surface area contributed by atoms with Gasteiger partial charge in [0.1, 0.15) is 23.4 Å². The van der Waals surface area contributed by atoms with Crippen molar-refractivity contribution in [2.24, 2.45) is 11.7 Å². The zero-order chi connectivity index (χ0) is 22.9. The monoisotopic (exact) mass is 480 g/mol. The van der Waals surface area contributed by atoms with Gasteiger partial charge in [0.25, 0.3) is 5.56 Å². The molecule has 1 aliphatic carbocycles. The smallest absolute Gasteiger partial charge is 0.341 e. The number of nitro groups is 1. The lowest BCUT2D eigenvalue weighted by Crippen LogP contribution is -2.36. The van der Waals surface area contributed by atoms with Crippen molar-refractivity contribution in [3.63, 3.8) is 0 Å². The Balaban J connectivity index is 0.00000259. The van der Waals surface area contributed by atoms with E-state index in [2.05, 4.69) is 0 Å². The zero-order valence-corrected chi connectivity index (χ0v) is 19.0. The Labute approximate surface area is 194 Å². The summed E-state index contributed by atoms with van der Waals surface area (Å²) < 4.78 is 12.9. The molecule has 2 aliphatic heterocycles. The molecule has 0 amide bonds. The van der Waals surface area contributed by atoms with Gasteiger partial charge in [-0.1, -0.05) is 0 Å². The summed E-state index contributed by atoms with van der Waals surface area (Å²) in [7, 11) is 1.34. The largest absolute Gasteiger partial charge is 0.489 e. The van der Waals surface area contributed by atoms with E-state index in [1.54, 1.807) is 6.92 Å². The number of halogens is 1. The summed E-state index contributed by atoms with van der Waals surface area (Å²) in [5, 5.41) is 21.7. The third-order valence-electron chi connectivity index (χ3n) is 7.02. The molecular weight excluding hydrogens is 456 g/mol. The van der Waals surface area contributed by atoms with Gasteiger partial charge in [-0.3, -0.25) is 19.5 Å². The van der Waals surface area contributed by atoms with Gasteiger partial charge < -0.3 is 25.2 Å². The predicted octanol–water partition coefficient (Wildman–Crippen LogP) is 2.31. The van der Waals surface area contributed by atoms with Crippen LogP contribution >= 0.6 is 12.4 Å². The molecule has 178 valence electrons. The lowest BCUT2D eigenvalue weighted by atomic mass is 9.97. The van der Waals surface area contributed by atoms with Crippen LogP contribution in [0, 0.1) is 16.0 Å². The van der Waals surface area contributed by atoms with Crippen LogP contribution in [-0.4, -0.2) is 52.9 Å². The van der Waals surface area contributed by atoms with Gasteiger partial charge >= 0.3 is 11.7 Å². The van der Waals surface area contributed by atoms with Crippen LogP contribution in [0.3, 0.4) is 0 Å². The minimum atomic E-state index is -1.45. The van der Waals surface area contributed by atoms with E-state index in [4.69, 9.17) is 15.2 Å². The number of aromatic nitrogens is 1. The lowest BCUT2D eigenvalue weighted by Gasteiger charge is -2.31. The van der Waals surface area contributed by atoms with Crippen molar-refractivity contribution in [2.75, 3.05) is 31.7 Å². The number of pyridine rings is 1. The highest BCUT2D eigenvalue weighted by Crippen LogP contribution is 2.54. The fourth-order valence-corrected chi connectivity index (χ4v) is 5.13. The Hall–Kier alpha value is -3.05. The zero-order valence-electron chi connectivity index (χ0n) is 18.2. The second kappa shape index (κ2) is 7.77. The number of nitrogens with two attached hydrogens (primary N) is 1. The first-order chi connectivity index (χ1) is 15.2. The third-order valence-corrected chi connectivity index (χ3v) is 7.02. The molecule has 5 rings (SSSR count). The lowest BCUT2D eigenvalue weighted by molar-refractivity contribution is -0.383. The van der Waals surface area contributed by atoms with E-state index in [1.807, 2.05) is 4.90 Å².